The van der Waals surface area contributed by atoms with E-state index in [1.165, 1.54) is 0 Å². The second-order valence-electron chi connectivity index (χ2n) is 5.76. The number of ether oxygens (including phenoxy) is 2. The molecule has 0 atom stereocenters. The van der Waals surface area contributed by atoms with Gasteiger partial charge in [0.1, 0.15) is 9.88 Å². The molecule has 2 rings (SSSR count). The first-order valence-corrected chi connectivity index (χ1v) is 10.7. The highest BCUT2D eigenvalue weighted by Crippen LogP contribution is 2.34. The fourth-order valence-electron chi connectivity index (χ4n) is 2.42. The maximum atomic E-state index is 12.4. The summed E-state index contributed by atoms with van der Waals surface area (Å²) in [6.07, 6.45) is 0. The Morgan fingerprint density at radius 1 is 1.10 bits per heavy atom. The predicted molar refractivity (Wildman–Crippen MR) is 120 cm³/mol. The number of hydrogen-bond donors (Lipinski definition) is 2. The standard InChI is InChI=1S/C19H20Cl2N2O4S2/c1-4-26-17(24)14-10(3)15(18(25)27-5-2)29-16(14)23-19(28)22-9-11-6-7-12(20)13(21)8-11/h6-8H,4-5,9H2,1-3H3,(H2,22,23,28). The average molecular weight is 475 g/mol. The number of anilines is 1. The minimum atomic E-state index is -0.536. The van der Waals surface area contributed by atoms with Crippen LogP contribution in [0.3, 0.4) is 0 Å². The molecule has 0 radical (unpaired) electrons. The summed E-state index contributed by atoms with van der Waals surface area (Å²) in [7, 11) is 0. The zero-order chi connectivity index (χ0) is 21.6. The highest BCUT2D eigenvalue weighted by Gasteiger charge is 2.26. The Labute approximate surface area is 188 Å². The molecule has 156 valence electrons. The Balaban J connectivity index is 2.19. The van der Waals surface area contributed by atoms with E-state index in [4.69, 9.17) is 44.9 Å². The lowest BCUT2D eigenvalue weighted by Gasteiger charge is -2.11. The van der Waals surface area contributed by atoms with Crippen LogP contribution in [0.1, 0.15) is 45.0 Å². The van der Waals surface area contributed by atoms with Gasteiger partial charge in [-0.05, 0) is 56.2 Å². The van der Waals surface area contributed by atoms with E-state index in [-0.39, 0.29) is 23.9 Å². The smallest absolute Gasteiger partial charge is 0.348 e. The Hall–Kier alpha value is -1.87. The van der Waals surface area contributed by atoms with Gasteiger partial charge < -0.3 is 20.1 Å². The van der Waals surface area contributed by atoms with Crippen molar-refractivity contribution in [1.82, 2.24) is 5.32 Å². The maximum absolute atomic E-state index is 12.4. The highest BCUT2D eigenvalue weighted by molar-refractivity contribution is 7.80. The largest absolute Gasteiger partial charge is 0.462 e. The number of thiocarbonyl (C=S) groups is 1. The minimum Gasteiger partial charge on any atom is -0.462 e. The summed E-state index contributed by atoms with van der Waals surface area (Å²) in [5, 5.41) is 7.61. The lowest BCUT2D eigenvalue weighted by Crippen LogP contribution is -2.28. The molecule has 10 heteroatoms. The van der Waals surface area contributed by atoms with Crippen molar-refractivity contribution in [2.75, 3.05) is 18.5 Å². The van der Waals surface area contributed by atoms with Crippen LogP contribution >= 0.6 is 46.8 Å². The van der Waals surface area contributed by atoms with Crippen LogP contribution in [0, 0.1) is 6.92 Å². The summed E-state index contributed by atoms with van der Waals surface area (Å²) in [6, 6.07) is 5.25. The molecule has 0 aliphatic heterocycles. The number of rotatable bonds is 7. The van der Waals surface area contributed by atoms with Crippen molar-refractivity contribution in [3.63, 3.8) is 0 Å². The molecule has 29 heavy (non-hydrogen) atoms. The fraction of sp³-hybridized carbons (Fsp3) is 0.316. The van der Waals surface area contributed by atoms with Crippen LogP contribution in [0.25, 0.3) is 0 Å². The van der Waals surface area contributed by atoms with Gasteiger partial charge in [0.25, 0.3) is 0 Å². The average Bonchev–Trinajstić information content (AvgIpc) is 2.99. The van der Waals surface area contributed by atoms with E-state index in [2.05, 4.69) is 10.6 Å². The zero-order valence-corrected chi connectivity index (χ0v) is 19.2. The highest BCUT2D eigenvalue weighted by atomic mass is 35.5. The summed E-state index contributed by atoms with van der Waals surface area (Å²) in [6.45, 7) is 5.94. The molecule has 0 aliphatic carbocycles. The van der Waals surface area contributed by atoms with Crippen LogP contribution in [0.4, 0.5) is 5.00 Å². The van der Waals surface area contributed by atoms with Crippen molar-refractivity contribution < 1.29 is 19.1 Å². The predicted octanol–water partition coefficient (Wildman–Crippen LogP) is 5.20. The van der Waals surface area contributed by atoms with Gasteiger partial charge >= 0.3 is 11.9 Å². The van der Waals surface area contributed by atoms with Gasteiger partial charge in [-0.2, -0.15) is 0 Å². The normalized spacial score (nSPS) is 10.4. The third-order valence-electron chi connectivity index (χ3n) is 3.75. The third kappa shape index (κ3) is 6.05. The topological polar surface area (TPSA) is 76.7 Å². The minimum absolute atomic E-state index is 0.211. The molecular weight excluding hydrogens is 455 g/mol. The van der Waals surface area contributed by atoms with Crippen LogP contribution in [-0.2, 0) is 16.0 Å². The van der Waals surface area contributed by atoms with Crippen molar-refractivity contribution in [2.45, 2.75) is 27.3 Å². The third-order valence-corrected chi connectivity index (χ3v) is 5.92. The molecule has 2 N–H and O–H groups in total. The first-order valence-electron chi connectivity index (χ1n) is 8.74. The van der Waals surface area contributed by atoms with Crippen LogP contribution in [-0.4, -0.2) is 30.3 Å². The van der Waals surface area contributed by atoms with Gasteiger partial charge in [-0.1, -0.05) is 29.3 Å². The molecule has 6 nitrogen and oxygen atoms in total. The van der Waals surface area contributed by atoms with E-state index >= 15 is 0 Å². The van der Waals surface area contributed by atoms with E-state index in [9.17, 15) is 9.59 Å². The second-order valence-corrected chi connectivity index (χ2v) is 8.00. The molecule has 0 saturated heterocycles. The van der Waals surface area contributed by atoms with Gasteiger partial charge in [0.2, 0.25) is 0 Å². The number of nitrogens with one attached hydrogen (secondary N) is 2. The summed E-state index contributed by atoms with van der Waals surface area (Å²) in [4.78, 5) is 24.9. The van der Waals surface area contributed by atoms with Crippen molar-refractivity contribution in [2.24, 2.45) is 0 Å². The molecule has 0 fully saturated rings. The Morgan fingerprint density at radius 2 is 1.76 bits per heavy atom. The Morgan fingerprint density at radius 3 is 2.38 bits per heavy atom. The number of esters is 2. The SMILES string of the molecule is CCOC(=O)c1sc(NC(=S)NCc2ccc(Cl)c(Cl)c2)c(C(=O)OCC)c1C. The van der Waals surface area contributed by atoms with Crippen LogP contribution in [0.2, 0.25) is 10.0 Å². The molecule has 1 aromatic carbocycles. The first kappa shape index (κ1) is 23.4. The molecule has 0 amide bonds. The maximum Gasteiger partial charge on any atom is 0.348 e. The monoisotopic (exact) mass is 474 g/mol. The van der Waals surface area contributed by atoms with Gasteiger partial charge in [-0.15, -0.1) is 11.3 Å². The molecule has 1 aromatic heterocycles. The molecule has 0 saturated carbocycles. The van der Waals surface area contributed by atoms with Crippen molar-refractivity contribution in [1.29, 1.82) is 0 Å². The van der Waals surface area contributed by atoms with Gasteiger partial charge in [0.05, 0.1) is 28.8 Å². The van der Waals surface area contributed by atoms with Crippen molar-refractivity contribution in [3.8, 4) is 0 Å². The van der Waals surface area contributed by atoms with Gasteiger partial charge in [0.15, 0.2) is 5.11 Å². The van der Waals surface area contributed by atoms with Crippen LogP contribution in [0.5, 0.6) is 0 Å². The van der Waals surface area contributed by atoms with Crippen molar-refractivity contribution in [3.05, 3.63) is 49.8 Å². The van der Waals surface area contributed by atoms with Gasteiger partial charge in [0, 0.05) is 6.54 Å². The van der Waals surface area contributed by atoms with Crippen molar-refractivity contribution >= 4 is 68.8 Å². The zero-order valence-electron chi connectivity index (χ0n) is 16.1. The van der Waals surface area contributed by atoms with E-state index in [0.717, 1.165) is 16.9 Å². The molecule has 0 bridgehead atoms. The quantitative estimate of drug-likeness (QED) is 0.421. The number of benzene rings is 1. The molecule has 0 unspecified atom stereocenters. The van der Waals surface area contributed by atoms with E-state index < -0.39 is 11.9 Å². The summed E-state index contributed by atoms with van der Waals surface area (Å²) in [5.74, 6) is -1.03. The lowest BCUT2D eigenvalue weighted by molar-refractivity contribution is 0.0527. The molecule has 2 aromatic rings. The lowest BCUT2D eigenvalue weighted by atomic mass is 10.1. The fourth-order valence-corrected chi connectivity index (χ4v) is 4.07. The number of carbonyl (C=O) groups excluding carboxylic acids is 2. The Kier molecular flexibility index (Phi) is 8.70. The first-order chi connectivity index (χ1) is 13.8. The van der Waals surface area contributed by atoms with E-state index in [0.29, 0.717) is 32.0 Å². The number of carbonyl (C=O) groups is 2. The number of halogens is 2. The second kappa shape index (κ2) is 10.8. The molecule has 0 aliphatic rings. The van der Waals surface area contributed by atoms with Gasteiger partial charge in [-0.25, -0.2) is 9.59 Å². The van der Waals surface area contributed by atoms with E-state index in [1.807, 2.05) is 6.07 Å². The molecule has 1 heterocycles. The number of hydrogen-bond acceptors (Lipinski definition) is 6. The number of thiophene rings is 1. The summed E-state index contributed by atoms with van der Waals surface area (Å²) < 4.78 is 10.2. The van der Waals surface area contributed by atoms with Gasteiger partial charge in [-0.3, -0.25) is 0 Å². The van der Waals surface area contributed by atoms with Crippen LogP contribution in [0.15, 0.2) is 18.2 Å². The Bertz CT molecular complexity index is 931. The molecular formula is C19H20Cl2N2O4S2. The van der Waals surface area contributed by atoms with E-state index in [1.54, 1.807) is 32.9 Å². The summed E-state index contributed by atoms with van der Waals surface area (Å²) >= 11 is 18.4. The molecule has 0 spiro atoms. The van der Waals surface area contributed by atoms with Crippen LogP contribution < -0.4 is 10.6 Å². The summed E-state index contributed by atoms with van der Waals surface area (Å²) in [5.41, 5.74) is 1.63.